The van der Waals surface area contributed by atoms with Gasteiger partial charge in [-0.15, -0.1) is 10.2 Å². The lowest BCUT2D eigenvalue weighted by molar-refractivity contribution is -0.120. The van der Waals surface area contributed by atoms with E-state index in [1.165, 1.54) is 0 Å². The monoisotopic (exact) mass is 444 g/mol. The summed E-state index contributed by atoms with van der Waals surface area (Å²) in [6, 6.07) is 5.41. The number of nitrogens with one attached hydrogen (secondary N) is 3. The highest BCUT2D eigenvalue weighted by molar-refractivity contribution is 6.31. The Balaban J connectivity index is 1.53. The van der Waals surface area contributed by atoms with Crippen LogP contribution in [0.2, 0.25) is 5.02 Å². The van der Waals surface area contributed by atoms with Crippen LogP contribution in [0.1, 0.15) is 22.6 Å². The third kappa shape index (κ3) is 4.72. The zero-order chi connectivity index (χ0) is 22.0. The lowest BCUT2D eigenvalue weighted by atomic mass is 10.1. The van der Waals surface area contributed by atoms with E-state index < -0.39 is 11.2 Å². The number of carbonyl (C=O) groups excluding carboxylic acids is 1. The van der Waals surface area contributed by atoms with E-state index in [0.29, 0.717) is 48.0 Å². The van der Waals surface area contributed by atoms with Gasteiger partial charge in [0.2, 0.25) is 5.91 Å². The van der Waals surface area contributed by atoms with Gasteiger partial charge in [-0.1, -0.05) is 16.8 Å². The van der Waals surface area contributed by atoms with Gasteiger partial charge in [0.25, 0.3) is 5.56 Å². The third-order valence-electron chi connectivity index (χ3n) is 5.25. The molecule has 1 amide bonds. The number of H-pyrrole nitrogens is 3. The van der Waals surface area contributed by atoms with E-state index >= 15 is 0 Å². The number of anilines is 1. The average Bonchev–Trinajstić information content (AvgIpc) is 3.25. The number of rotatable bonds is 6. The van der Waals surface area contributed by atoms with Gasteiger partial charge in [0.15, 0.2) is 5.82 Å². The number of fused-ring (bicyclic) bond motifs is 1. The molecular formula is C19H21ClN8O3. The normalized spacial score (nSPS) is 13.7. The molecule has 0 bridgehead atoms. The molecule has 11 nitrogen and oxygen atoms in total. The lowest BCUT2D eigenvalue weighted by Crippen LogP contribution is -2.45. The van der Waals surface area contributed by atoms with Gasteiger partial charge >= 0.3 is 5.69 Å². The van der Waals surface area contributed by atoms with Gasteiger partial charge in [0.05, 0.1) is 12.1 Å². The Morgan fingerprint density at radius 1 is 1.29 bits per heavy atom. The number of aryl methyl sites for hydroxylation is 1. The van der Waals surface area contributed by atoms with E-state index in [4.69, 9.17) is 11.6 Å². The number of tetrazole rings is 1. The van der Waals surface area contributed by atoms with Crippen LogP contribution in [0.15, 0.2) is 27.8 Å². The summed E-state index contributed by atoms with van der Waals surface area (Å²) in [6.45, 7) is 3.19. The Kier molecular flexibility index (Phi) is 5.96. The number of carbonyl (C=O) groups is 1. The van der Waals surface area contributed by atoms with Crippen molar-refractivity contribution in [3.05, 3.63) is 66.7 Å². The third-order valence-corrected chi connectivity index (χ3v) is 5.68. The predicted molar refractivity (Wildman–Crippen MR) is 113 cm³/mol. The summed E-state index contributed by atoms with van der Waals surface area (Å²) in [7, 11) is 0. The quantitative estimate of drug-likeness (QED) is 0.491. The zero-order valence-corrected chi connectivity index (χ0v) is 17.6. The van der Waals surface area contributed by atoms with Gasteiger partial charge in [0, 0.05) is 48.9 Å². The topological polar surface area (TPSA) is 144 Å². The van der Waals surface area contributed by atoms with Crippen molar-refractivity contribution in [3.8, 4) is 0 Å². The van der Waals surface area contributed by atoms with Gasteiger partial charge in [0.1, 0.15) is 0 Å². The highest BCUT2D eigenvalue weighted by Gasteiger charge is 2.25. The predicted octanol–water partition coefficient (Wildman–Crippen LogP) is 0.172. The molecule has 0 saturated heterocycles. The number of amides is 1. The standard InChI is InChI=1S/C19H21ClN8O3/c1-11-8-12(2-3-14(11)20)28(7-5-16-23-25-26-24-16)17(29)10-27-6-4-15-13(9-27)18(30)22-19(31)21-15/h2-3,8H,4-7,9-10H2,1H3,(H2,21,22,30,31)(H,23,24,25,26). The summed E-state index contributed by atoms with van der Waals surface area (Å²) in [5, 5.41) is 14.5. The van der Waals surface area contributed by atoms with Crippen molar-refractivity contribution < 1.29 is 4.79 Å². The maximum atomic E-state index is 13.3. The van der Waals surface area contributed by atoms with Crippen molar-refractivity contribution in [2.75, 3.05) is 24.5 Å². The second-order valence-electron chi connectivity index (χ2n) is 7.38. The SMILES string of the molecule is Cc1cc(N(CCc2nn[nH]n2)C(=O)CN2CCc3[nH]c(=O)[nH]c(=O)c3C2)ccc1Cl. The zero-order valence-electron chi connectivity index (χ0n) is 16.8. The fourth-order valence-corrected chi connectivity index (χ4v) is 3.74. The Morgan fingerprint density at radius 3 is 2.87 bits per heavy atom. The molecule has 3 aromatic rings. The molecule has 3 heterocycles. The molecule has 0 aliphatic carbocycles. The van der Waals surface area contributed by atoms with Gasteiger partial charge in [-0.25, -0.2) is 4.79 Å². The fraction of sp³-hybridized carbons (Fsp3) is 0.368. The molecule has 0 atom stereocenters. The minimum Gasteiger partial charge on any atom is -0.311 e. The summed E-state index contributed by atoms with van der Waals surface area (Å²) < 4.78 is 0. The number of aromatic nitrogens is 6. The first-order valence-electron chi connectivity index (χ1n) is 9.76. The smallest absolute Gasteiger partial charge is 0.311 e. The minimum atomic E-state index is -0.515. The van der Waals surface area contributed by atoms with Crippen molar-refractivity contribution in [1.82, 2.24) is 35.5 Å². The Labute approximate surface area is 181 Å². The molecule has 1 aliphatic rings. The first-order valence-corrected chi connectivity index (χ1v) is 10.1. The molecule has 4 rings (SSSR count). The average molecular weight is 445 g/mol. The molecule has 0 radical (unpaired) electrons. The lowest BCUT2D eigenvalue weighted by Gasteiger charge is -2.30. The summed E-state index contributed by atoms with van der Waals surface area (Å²) in [4.78, 5) is 45.3. The van der Waals surface area contributed by atoms with Crippen molar-refractivity contribution in [3.63, 3.8) is 0 Å². The number of benzene rings is 1. The second kappa shape index (κ2) is 8.82. The van der Waals surface area contributed by atoms with Gasteiger partial charge in [-0.2, -0.15) is 5.21 Å². The fourth-order valence-electron chi connectivity index (χ4n) is 3.62. The van der Waals surface area contributed by atoms with Crippen LogP contribution < -0.4 is 16.1 Å². The highest BCUT2D eigenvalue weighted by atomic mass is 35.5. The number of nitrogens with zero attached hydrogens (tertiary/aromatic N) is 5. The van der Waals surface area contributed by atoms with Crippen LogP contribution in [0.5, 0.6) is 0 Å². The summed E-state index contributed by atoms with van der Waals surface area (Å²) in [5.41, 5.74) is 1.75. The van der Waals surface area contributed by atoms with Crippen molar-refractivity contribution in [1.29, 1.82) is 0 Å². The van der Waals surface area contributed by atoms with Crippen LogP contribution in [-0.4, -0.2) is 61.0 Å². The molecule has 2 aromatic heterocycles. The number of halogens is 1. The minimum absolute atomic E-state index is 0.117. The van der Waals surface area contributed by atoms with Gasteiger partial charge in [-0.05, 0) is 30.7 Å². The van der Waals surface area contributed by atoms with Gasteiger partial charge < -0.3 is 9.88 Å². The maximum Gasteiger partial charge on any atom is 0.325 e. The first-order chi connectivity index (χ1) is 14.9. The van der Waals surface area contributed by atoms with Crippen LogP contribution in [0.25, 0.3) is 0 Å². The summed E-state index contributed by atoms with van der Waals surface area (Å²) >= 11 is 6.15. The van der Waals surface area contributed by atoms with Gasteiger partial charge in [-0.3, -0.25) is 19.5 Å². The van der Waals surface area contributed by atoms with E-state index in [0.717, 1.165) is 11.3 Å². The first kappa shape index (κ1) is 20.9. The molecular weight excluding hydrogens is 424 g/mol. The largest absolute Gasteiger partial charge is 0.325 e. The molecule has 12 heteroatoms. The molecule has 0 fully saturated rings. The molecule has 162 valence electrons. The van der Waals surface area contributed by atoms with Crippen LogP contribution in [0.3, 0.4) is 0 Å². The van der Waals surface area contributed by atoms with Crippen LogP contribution in [0.4, 0.5) is 5.69 Å². The van der Waals surface area contributed by atoms with E-state index in [1.54, 1.807) is 17.0 Å². The van der Waals surface area contributed by atoms with Crippen LogP contribution in [-0.2, 0) is 24.2 Å². The van der Waals surface area contributed by atoms with Crippen molar-refractivity contribution >= 4 is 23.2 Å². The molecule has 0 spiro atoms. The van der Waals surface area contributed by atoms with Crippen LogP contribution in [0, 0.1) is 6.92 Å². The Hall–Kier alpha value is -3.31. The summed E-state index contributed by atoms with van der Waals surface area (Å²) in [5.74, 6) is 0.375. The van der Waals surface area contributed by atoms with E-state index in [-0.39, 0.29) is 19.0 Å². The van der Waals surface area contributed by atoms with E-state index in [9.17, 15) is 14.4 Å². The Bertz CT molecular complexity index is 1200. The number of hydrogen-bond acceptors (Lipinski definition) is 7. The second-order valence-corrected chi connectivity index (χ2v) is 7.79. The van der Waals surface area contributed by atoms with Crippen LogP contribution >= 0.6 is 11.6 Å². The van der Waals surface area contributed by atoms with E-state index in [2.05, 4.69) is 30.6 Å². The van der Waals surface area contributed by atoms with Crippen molar-refractivity contribution in [2.45, 2.75) is 26.3 Å². The molecule has 31 heavy (non-hydrogen) atoms. The summed E-state index contributed by atoms with van der Waals surface area (Å²) in [6.07, 6.45) is 0.915. The molecule has 1 aliphatic heterocycles. The maximum absolute atomic E-state index is 13.3. The van der Waals surface area contributed by atoms with Crippen molar-refractivity contribution in [2.24, 2.45) is 0 Å². The molecule has 3 N–H and O–H groups in total. The molecule has 0 saturated carbocycles. The number of hydrogen-bond donors (Lipinski definition) is 3. The van der Waals surface area contributed by atoms with E-state index in [1.807, 2.05) is 17.9 Å². The highest BCUT2D eigenvalue weighted by Crippen LogP contribution is 2.23. The number of aromatic amines is 3. The molecule has 1 aromatic carbocycles. The molecule has 0 unspecified atom stereocenters. The Morgan fingerprint density at radius 2 is 2.13 bits per heavy atom.